The molecule has 0 aliphatic heterocycles. The standard InChI is InChI=1S/C13H15F2N3O2S/c1-3-8-5-16-10(18-8)6-17-12(19)11-9(20-13(14)15)4-7(2)21-11/h4-5,13H,3,6H2,1-2H3,(H,16,18)(H,17,19). The molecule has 2 N–H and O–H groups in total. The first kappa shape index (κ1) is 15.4. The Balaban J connectivity index is 2.02. The Kier molecular flexibility index (Phi) is 4.89. The number of halogens is 2. The molecule has 0 aliphatic carbocycles. The molecule has 0 saturated carbocycles. The van der Waals surface area contributed by atoms with Gasteiger partial charge in [-0.3, -0.25) is 4.79 Å². The molecule has 8 heteroatoms. The minimum atomic E-state index is -2.96. The Bertz CT molecular complexity index is 625. The number of hydrogen-bond acceptors (Lipinski definition) is 4. The predicted molar refractivity (Wildman–Crippen MR) is 74.8 cm³/mol. The first-order chi connectivity index (χ1) is 9.99. The molecule has 0 saturated heterocycles. The van der Waals surface area contributed by atoms with Crippen LogP contribution in [0.5, 0.6) is 5.75 Å². The number of aromatic amines is 1. The largest absolute Gasteiger partial charge is 0.433 e. The van der Waals surface area contributed by atoms with Crippen molar-refractivity contribution in [2.24, 2.45) is 0 Å². The topological polar surface area (TPSA) is 67.0 Å². The zero-order valence-electron chi connectivity index (χ0n) is 11.6. The SMILES string of the molecule is CCc1cnc(CNC(=O)c2sc(C)cc2OC(F)F)[nH]1. The van der Waals surface area contributed by atoms with Crippen molar-refractivity contribution in [1.82, 2.24) is 15.3 Å². The summed E-state index contributed by atoms with van der Waals surface area (Å²) in [6.07, 6.45) is 2.51. The number of nitrogens with one attached hydrogen (secondary N) is 2. The summed E-state index contributed by atoms with van der Waals surface area (Å²) in [6, 6.07) is 1.42. The molecule has 2 aromatic rings. The van der Waals surface area contributed by atoms with E-state index in [0.717, 1.165) is 28.3 Å². The van der Waals surface area contributed by atoms with Crippen LogP contribution in [0.2, 0.25) is 0 Å². The van der Waals surface area contributed by atoms with Gasteiger partial charge in [-0.2, -0.15) is 8.78 Å². The molecule has 0 aliphatic rings. The summed E-state index contributed by atoms with van der Waals surface area (Å²) in [5.41, 5.74) is 0.966. The number of hydrogen-bond donors (Lipinski definition) is 2. The zero-order chi connectivity index (χ0) is 15.4. The quantitative estimate of drug-likeness (QED) is 0.861. The fourth-order valence-corrected chi connectivity index (χ4v) is 2.61. The third kappa shape index (κ3) is 4.01. The van der Waals surface area contributed by atoms with E-state index in [1.54, 1.807) is 13.1 Å². The maximum absolute atomic E-state index is 12.3. The van der Waals surface area contributed by atoms with Crippen LogP contribution >= 0.6 is 11.3 Å². The lowest BCUT2D eigenvalue weighted by molar-refractivity contribution is -0.0498. The van der Waals surface area contributed by atoms with Crippen LogP contribution < -0.4 is 10.1 Å². The number of ether oxygens (including phenoxy) is 1. The summed E-state index contributed by atoms with van der Waals surface area (Å²) in [7, 11) is 0. The summed E-state index contributed by atoms with van der Waals surface area (Å²) in [6.45, 7) is 0.949. The number of H-pyrrole nitrogens is 1. The minimum Gasteiger partial charge on any atom is -0.433 e. The van der Waals surface area contributed by atoms with Gasteiger partial charge in [0, 0.05) is 16.8 Å². The van der Waals surface area contributed by atoms with Crippen molar-refractivity contribution in [1.29, 1.82) is 0 Å². The van der Waals surface area contributed by atoms with E-state index in [1.807, 2.05) is 6.92 Å². The van der Waals surface area contributed by atoms with Crippen LogP contribution in [0.3, 0.4) is 0 Å². The lowest BCUT2D eigenvalue weighted by Crippen LogP contribution is -2.23. The van der Waals surface area contributed by atoms with E-state index < -0.39 is 12.5 Å². The van der Waals surface area contributed by atoms with Gasteiger partial charge in [-0.05, 0) is 19.4 Å². The first-order valence-electron chi connectivity index (χ1n) is 6.35. The number of carbonyl (C=O) groups is 1. The van der Waals surface area contributed by atoms with Gasteiger partial charge < -0.3 is 15.0 Å². The van der Waals surface area contributed by atoms with Crippen LogP contribution in [0.1, 0.15) is 33.0 Å². The highest BCUT2D eigenvalue weighted by Gasteiger charge is 2.19. The summed E-state index contributed by atoms with van der Waals surface area (Å²) < 4.78 is 29.0. The lowest BCUT2D eigenvalue weighted by Gasteiger charge is -2.06. The van der Waals surface area contributed by atoms with E-state index in [2.05, 4.69) is 20.0 Å². The van der Waals surface area contributed by atoms with Crippen molar-refractivity contribution >= 4 is 17.2 Å². The van der Waals surface area contributed by atoms with E-state index in [0.29, 0.717) is 5.82 Å². The van der Waals surface area contributed by atoms with E-state index in [4.69, 9.17) is 0 Å². The fourth-order valence-electron chi connectivity index (χ4n) is 1.75. The number of thiophene rings is 1. The normalized spacial score (nSPS) is 10.9. The molecule has 0 bridgehead atoms. The monoisotopic (exact) mass is 315 g/mol. The van der Waals surface area contributed by atoms with Crippen LogP contribution in [0.4, 0.5) is 8.78 Å². The zero-order valence-corrected chi connectivity index (χ0v) is 12.4. The van der Waals surface area contributed by atoms with Gasteiger partial charge in [0.25, 0.3) is 5.91 Å². The summed E-state index contributed by atoms with van der Waals surface area (Å²) in [4.78, 5) is 20.1. The summed E-state index contributed by atoms with van der Waals surface area (Å²) >= 11 is 1.11. The third-order valence-electron chi connectivity index (χ3n) is 2.72. The van der Waals surface area contributed by atoms with Crippen LogP contribution in [0.25, 0.3) is 0 Å². The molecular formula is C13H15F2N3O2S. The Morgan fingerprint density at radius 1 is 1.57 bits per heavy atom. The average molecular weight is 315 g/mol. The van der Waals surface area contributed by atoms with Gasteiger partial charge in [-0.1, -0.05) is 6.92 Å². The van der Waals surface area contributed by atoms with Gasteiger partial charge in [0.15, 0.2) is 0 Å². The predicted octanol–water partition coefficient (Wildman–Crippen LogP) is 2.87. The molecule has 2 aromatic heterocycles. The molecule has 1 amide bonds. The van der Waals surface area contributed by atoms with Gasteiger partial charge in [-0.15, -0.1) is 11.3 Å². The molecular weight excluding hydrogens is 300 g/mol. The van der Waals surface area contributed by atoms with E-state index >= 15 is 0 Å². The Labute approximate surface area is 124 Å². The molecule has 0 atom stereocenters. The highest BCUT2D eigenvalue weighted by molar-refractivity contribution is 7.14. The fraction of sp³-hybridized carbons (Fsp3) is 0.385. The molecule has 21 heavy (non-hydrogen) atoms. The van der Waals surface area contributed by atoms with Gasteiger partial charge in [0.05, 0.1) is 6.54 Å². The molecule has 0 aromatic carbocycles. The van der Waals surface area contributed by atoms with E-state index in [1.165, 1.54) is 6.07 Å². The number of nitrogens with zero attached hydrogens (tertiary/aromatic N) is 1. The number of carbonyl (C=O) groups excluding carboxylic acids is 1. The number of rotatable bonds is 6. The molecule has 5 nitrogen and oxygen atoms in total. The van der Waals surface area contributed by atoms with Crippen LogP contribution in [-0.2, 0) is 13.0 Å². The van der Waals surface area contributed by atoms with Gasteiger partial charge >= 0.3 is 6.61 Å². The number of imidazole rings is 1. The third-order valence-corrected chi connectivity index (χ3v) is 3.75. The highest BCUT2D eigenvalue weighted by atomic mass is 32.1. The summed E-state index contributed by atoms with van der Waals surface area (Å²) in [5, 5.41) is 2.63. The number of amides is 1. The van der Waals surface area contributed by atoms with E-state index in [-0.39, 0.29) is 17.2 Å². The van der Waals surface area contributed by atoms with Gasteiger partial charge in [0.1, 0.15) is 16.5 Å². The van der Waals surface area contributed by atoms with Crippen LogP contribution in [0, 0.1) is 6.92 Å². The number of aromatic nitrogens is 2. The maximum Gasteiger partial charge on any atom is 0.387 e. The Morgan fingerprint density at radius 2 is 2.33 bits per heavy atom. The second kappa shape index (κ2) is 6.66. The van der Waals surface area contributed by atoms with Crippen LogP contribution in [-0.4, -0.2) is 22.5 Å². The molecule has 114 valence electrons. The van der Waals surface area contributed by atoms with E-state index in [9.17, 15) is 13.6 Å². The molecule has 0 spiro atoms. The summed E-state index contributed by atoms with van der Waals surface area (Å²) in [5.74, 6) is 0.0571. The second-order valence-electron chi connectivity index (χ2n) is 4.32. The number of alkyl halides is 2. The average Bonchev–Trinajstić information content (AvgIpc) is 3.02. The smallest absolute Gasteiger partial charge is 0.387 e. The van der Waals surface area contributed by atoms with Crippen molar-refractivity contribution in [3.63, 3.8) is 0 Å². The Morgan fingerprint density at radius 3 is 2.95 bits per heavy atom. The highest BCUT2D eigenvalue weighted by Crippen LogP contribution is 2.30. The van der Waals surface area contributed by atoms with Crippen molar-refractivity contribution in [3.8, 4) is 5.75 Å². The van der Waals surface area contributed by atoms with Gasteiger partial charge in [-0.25, -0.2) is 4.98 Å². The number of aryl methyl sites for hydroxylation is 2. The molecule has 0 radical (unpaired) electrons. The molecule has 2 heterocycles. The van der Waals surface area contributed by atoms with Crippen molar-refractivity contribution < 1.29 is 18.3 Å². The minimum absolute atomic E-state index is 0.0984. The van der Waals surface area contributed by atoms with Gasteiger partial charge in [0.2, 0.25) is 0 Å². The maximum atomic E-state index is 12.3. The lowest BCUT2D eigenvalue weighted by atomic mass is 10.3. The molecule has 0 unspecified atom stereocenters. The van der Waals surface area contributed by atoms with Crippen LogP contribution in [0.15, 0.2) is 12.3 Å². The molecule has 2 rings (SSSR count). The van der Waals surface area contributed by atoms with Crippen molar-refractivity contribution in [3.05, 3.63) is 33.5 Å². The van der Waals surface area contributed by atoms with Crippen molar-refractivity contribution in [2.45, 2.75) is 33.4 Å². The van der Waals surface area contributed by atoms with Crippen molar-refractivity contribution in [2.75, 3.05) is 0 Å². The molecule has 0 fully saturated rings. The second-order valence-corrected chi connectivity index (χ2v) is 5.58. The Hall–Kier alpha value is -1.96. The first-order valence-corrected chi connectivity index (χ1v) is 7.17.